The third-order valence-electron chi connectivity index (χ3n) is 8.17. The van der Waals surface area contributed by atoms with Crippen LogP contribution in [0.5, 0.6) is 0 Å². The molecule has 0 spiro atoms. The number of nitrogens with zero attached hydrogens (tertiary/aromatic N) is 2. The van der Waals surface area contributed by atoms with Gasteiger partial charge in [0.15, 0.2) is 0 Å². The fraction of sp³-hybridized carbons (Fsp3) is 0. The highest BCUT2D eigenvalue weighted by Crippen LogP contribution is 2.37. The Morgan fingerprint density at radius 2 is 1.07 bits per heavy atom. The van der Waals surface area contributed by atoms with Crippen LogP contribution in [0.4, 0.5) is 0 Å². The summed E-state index contributed by atoms with van der Waals surface area (Å²) in [4.78, 5) is 9.37. The van der Waals surface area contributed by atoms with Gasteiger partial charge in [0.25, 0.3) is 0 Å². The molecule has 2 aromatic heterocycles. The van der Waals surface area contributed by atoms with Crippen molar-refractivity contribution in [1.82, 2.24) is 9.97 Å². The summed E-state index contributed by atoms with van der Waals surface area (Å²) in [5, 5.41) is 6.01. The Hall–Kier alpha value is -5.60. The fourth-order valence-corrected chi connectivity index (χ4v) is 6.05. The van der Waals surface area contributed by atoms with Crippen LogP contribution in [0, 0.1) is 0 Å². The second-order valence-electron chi connectivity index (χ2n) is 10.7. The van der Waals surface area contributed by atoms with E-state index in [1.807, 2.05) is 18.5 Å². The molecule has 0 radical (unpaired) electrons. The van der Waals surface area contributed by atoms with Crippen LogP contribution in [-0.2, 0) is 0 Å². The lowest BCUT2D eigenvalue weighted by Crippen LogP contribution is -1.91. The monoisotopic (exact) mass is 534 g/mol. The standard InChI is InChI=1S/C40H26N2/c1-2-8-32(9-3-1)39-25-37(40-36-11-5-4-7-29(36)21-22-38(40)42-39)31-19-15-28(16-20-31)27-13-17-30(18-14-27)34-12-6-10-33-26-41-24-23-35(33)34/h1-26H. The SMILES string of the molecule is c1ccc(-c2cc(-c3ccc(-c4ccc(-c5cccc6cnccc56)cc4)cc3)c3c(ccc4ccccc43)n2)cc1. The molecule has 196 valence electrons. The molecule has 0 atom stereocenters. The molecule has 8 rings (SSSR count). The van der Waals surface area contributed by atoms with Crippen molar-refractivity contribution in [2.24, 2.45) is 0 Å². The van der Waals surface area contributed by atoms with Crippen LogP contribution in [0.3, 0.4) is 0 Å². The van der Waals surface area contributed by atoms with Crippen LogP contribution in [0.2, 0.25) is 0 Å². The molecule has 0 bridgehead atoms. The average molecular weight is 535 g/mol. The Labute approximate surface area is 244 Å². The third kappa shape index (κ3) is 4.22. The topological polar surface area (TPSA) is 25.8 Å². The summed E-state index contributed by atoms with van der Waals surface area (Å²) in [5.41, 5.74) is 10.3. The molecule has 0 saturated carbocycles. The molecule has 8 aromatic rings. The van der Waals surface area contributed by atoms with Crippen molar-refractivity contribution in [2.45, 2.75) is 0 Å². The normalized spacial score (nSPS) is 11.3. The quantitative estimate of drug-likeness (QED) is 0.210. The Kier molecular flexibility index (Phi) is 5.82. The van der Waals surface area contributed by atoms with Gasteiger partial charge in [0, 0.05) is 28.7 Å². The third-order valence-corrected chi connectivity index (χ3v) is 8.17. The summed E-state index contributed by atoms with van der Waals surface area (Å²) in [6.45, 7) is 0. The summed E-state index contributed by atoms with van der Waals surface area (Å²) < 4.78 is 0. The second-order valence-corrected chi connectivity index (χ2v) is 10.7. The van der Waals surface area contributed by atoms with Gasteiger partial charge in [-0.3, -0.25) is 4.98 Å². The number of hydrogen-bond donors (Lipinski definition) is 0. The van der Waals surface area contributed by atoms with Crippen molar-refractivity contribution in [3.05, 3.63) is 158 Å². The maximum atomic E-state index is 5.10. The minimum absolute atomic E-state index is 0.984. The number of pyridine rings is 2. The van der Waals surface area contributed by atoms with E-state index < -0.39 is 0 Å². The number of benzene rings is 6. The predicted molar refractivity (Wildman–Crippen MR) is 176 cm³/mol. The minimum Gasteiger partial charge on any atom is -0.264 e. The van der Waals surface area contributed by atoms with Crippen LogP contribution in [-0.4, -0.2) is 9.97 Å². The van der Waals surface area contributed by atoms with E-state index in [0.29, 0.717) is 0 Å². The average Bonchev–Trinajstić information content (AvgIpc) is 3.08. The zero-order chi connectivity index (χ0) is 27.9. The summed E-state index contributed by atoms with van der Waals surface area (Å²) >= 11 is 0. The summed E-state index contributed by atoms with van der Waals surface area (Å²) in [7, 11) is 0. The van der Waals surface area contributed by atoms with Gasteiger partial charge in [-0.05, 0) is 67.7 Å². The first kappa shape index (κ1) is 24.2. The number of aromatic nitrogens is 2. The summed E-state index contributed by atoms with van der Waals surface area (Å²) in [6.07, 6.45) is 3.78. The van der Waals surface area contributed by atoms with Gasteiger partial charge in [-0.15, -0.1) is 0 Å². The van der Waals surface area contributed by atoms with E-state index in [-0.39, 0.29) is 0 Å². The molecular weight excluding hydrogens is 508 g/mol. The van der Waals surface area contributed by atoms with Crippen molar-refractivity contribution < 1.29 is 0 Å². The summed E-state index contributed by atoms with van der Waals surface area (Å²) in [6, 6.07) is 51.9. The van der Waals surface area contributed by atoms with E-state index in [4.69, 9.17) is 4.98 Å². The van der Waals surface area contributed by atoms with Crippen molar-refractivity contribution in [2.75, 3.05) is 0 Å². The highest BCUT2D eigenvalue weighted by atomic mass is 14.7. The largest absolute Gasteiger partial charge is 0.264 e. The van der Waals surface area contributed by atoms with Crippen molar-refractivity contribution in [3.63, 3.8) is 0 Å². The van der Waals surface area contributed by atoms with E-state index in [0.717, 1.165) is 22.2 Å². The minimum atomic E-state index is 0.984. The predicted octanol–water partition coefficient (Wildman–Crippen LogP) is 10.6. The van der Waals surface area contributed by atoms with Crippen molar-refractivity contribution >= 4 is 32.4 Å². The molecule has 0 aliphatic heterocycles. The molecule has 0 saturated heterocycles. The van der Waals surface area contributed by atoms with Crippen molar-refractivity contribution in [1.29, 1.82) is 0 Å². The molecule has 2 heterocycles. The number of rotatable bonds is 4. The smallest absolute Gasteiger partial charge is 0.0722 e. The maximum absolute atomic E-state index is 5.10. The lowest BCUT2D eigenvalue weighted by atomic mass is 9.93. The van der Waals surface area contributed by atoms with E-state index in [1.54, 1.807) is 0 Å². The Morgan fingerprint density at radius 1 is 0.405 bits per heavy atom. The molecule has 6 aromatic carbocycles. The summed E-state index contributed by atoms with van der Waals surface area (Å²) in [5.74, 6) is 0. The lowest BCUT2D eigenvalue weighted by Gasteiger charge is -2.14. The fourth-order valence-electron chi connectivity index (χ4n) is 6.05. The highest BCUT2D eigenvalue weighted by molar-refractivity contribution is 6.13. The van der Waals surface area contributed by atoms with Crippen LogP contribution in [0.25, 0.3) is 77.1 Å². The highest BCUT2D eigenvalue weighted by Gasteiger charge is 2.13. The Balaban J connectivity index is 1.21. The van der Waals surface area contributed by atoms with E-state index >= 15 is 0 Å². The molecule has 0 unspecified atom stereocenters. The molecule has 0 N–H and O–H groups in total. The van der Waals surface area contributed by atoms with E-state index in [2.05, 4.69) is 145 Å². The Morgan fingerprint density at radius 3 is 1.86 bits per heavy atom. The van der Waals surface area contributed by atoms with Gasteiger partial charge < -0.3 is 0 Å². The van der Waals surface area contributed by atoms with Crippen LogP contribution < -0.4 is 0 Å². The van der Waals surface area contributed by atoms with Gasteiger partial charge in [0.2, 0.25) is 0 Å². The molecule has 0 amide bonds. The first-order chi connectivity index (χ1) is 20.8. The molecule has 42 heavy (non-hydrogen) atoms. The molecule has 2 nitrogen and oxygen atoms in total. The zero-order valence-corrected chi connectivity index (χ0v) is 22.9. The van der Waals surface area contributed by atoms with Gasteiger partial charge in [0.05, 0.1) is 11.2 Å². The van der Waals surface area contributed by atoms with Gasteiger partial charge in [-0.1, -0.05) is 127 Å². The van der Waals surface area contributed by atoms with Crippen molar-refractivity contribution in [3.8, 4) is 44.6 Å². The molecule has 0 aliphatic rings. The van der Waals surface area contributed by atoms with Crippen LogP contribution >= 0.6 is 0 Å². The molecular formula is C40H26N2. The lowest BCUT2D eigenvalue weighted by molar-refractivity contribution is 1.36. The van der Waals surface area contributed by atoms with E-state index in [1.165, 1.54) is 54.9 Å². The molecule has 0 fully saturated rings. The zero-order valence-electron chi connectivity index (χ0n) is 22.9. The Bertz CT molecular complexity index is 2210. The van der Waals surface area contributed by atoms with Gasteiger partial charge in [0.1, 0.15) is 0 Å². The number of fused-ring (bicyclic) bond motifs is 4. The number of hydrogen-bond acceptors (Lipinski definition) is 2. The molecule has 0 aliphatic carbocycles. The van der Waals surface area contributed by atoms with E-state index in [9.17, 15) is 0 Å². The maximum Gasteiger partial charge on any atom is 0.0722 e. The van der Waals surface area contributed by atoms with Crippen LogP contribution in [0.15, 0.2) is 158 Å². The van der Waals surface area contributed by atoms with Gasteiger partial charge >= 0.3 is 0 Å². The second kappa shape index (κ2) is 10.1. The van der Waals surface area contributed by atoms with Gasteiger partial charge in [-0.25, -0.2) is 4.98 Å². The van der Waals surface area contributed by atoms with Gasteiger partial charge in [-0.2, -0.15) is 0 Å². The first-order valence-corrected chi connectivity index (χ1v) is 14.2. The van der Waals surface area contributed by atoms with Crippen LogP contribution in [0.1, 0.15) is 0 Å². The first-order valence-electron chi connectivity index (χ1n) is 14.2. The molecule has 2 heteroatoms.